The number of allylic oxidation sites excluding steroid dienone is 2. The summed E-state index contributed by atoms with van der Waals surface area (Å²) in [4.78, 5) is 7.22. The van der Waals surface area contributed by atoms with E-state index in [4.69, 9.17) is 0 Å². The van der Waals surface area contributed by atoms with Crippen molar-refractivity contribution in [2.24, 2.45) is 0 Å². The summed E-state index contributed by atoms with van der Waals surface area (Å²) in [6.07, 6.45) is 8.74. The summed E-state index contributed by atoms with van der Waals surface area (Å²) >= 11 is 0. The molecule has 0 amide bonds. The number of rotatable bonds is 5. The van der Waals surface area contributed by atoms with Crippen LogP contribution in [-0.4, -0.2) is 12.8 Å². The monoisotopic (exact) mass is 775 g/mol. The Kier molecular flexibility index (Phi) is 7.82. The van der Waals surface area contributed by atoms with Crippen LogP contribution in [0.2, 0.25) is 0 Å². The Morgan fingerprint density at radius 3 is 1.60 bits per heavy atom. The van der Waals surface area contributed by atoms with Crippen molar-refractivity contribution in [1.82, 2.24) is 0 Å². The van der Waals surface area contributed by atoms with E-state index in [-0.39, 0.29) is 18.7 Å². The van der Waals surface area contributed by atoms with E-state index in [9.17, 15) is 8.78 Å². The largest absolute Gasteiger partial charge is 0.333 e. The molecule has 1 aliphatic carbocycles. The topological polar surface area (TPSA) is 9.72 Å². The molecule has 3 aliphatic heterocycles. The van der Waals surface area contributed by atoms with Crippen LogP contribution < -0.4 is 31.1 Å². The predicted molar refractivity (Wildman–Crippen MR) is 245 cm³/mol. The van der Waals surface area contributed by atoms with Crippen molar-refractivity contribution < 1.29 is 8.78 Å². The second-order valence-electron chi connectivity index (χ2n) is 15.9. The second kappa shape index (κ2) is 13.6. The maximum atomic E-state index is 14.6. The lowest BCUT2D eigenvalue weighted by atomic mass is 9.33. The lowest BCUT2D eigenvalue weighted by molar-refractivity contribution is 0.584. The van der Waals surface area contributed by atoms with Crippen molar-refractivity contribution >= 4 is 68.6 Å². The molecule has 2 atom stereocenters. The fourth-order valence-corrected chi connectivity index (χ4v) is 10.2. The average molecular weight is 776 g/mol. The van der Waals surface area contributed by atoms with Gasteiger partial charge in [-0.1, -0.05) is 121 Å². The molecule has 0 bridgehead atoms. The molecule has 8 aromatic rings. The maximum Gasteiger partial charge on any atom is 0.252 e. The molecular weight excluding hydrogens is 739 g/mol. The lowest BCUT2D eigenvalue weighted by Gasteiger charge is -2.44. The lowest BCUT2D eigenvalue weighted by Crippen LogP contribution is -2.61. The van der Waals surface area contributed by atoms with Gasteiger partial charge in [0.05, 0.1) is 6.04 Å². The first-order chi connectivity index (χ1) is 29.6. The third kappa shape index (κ3) is 5.27. The molecule has 6 heteroatoms. The summed E-state index contributed by atoms with van der Waals surface area (Å²) in [6.45, 7) is 0.0384. The molecule has 0 radical (unpaired) electrons. The predicted octanol–water partition coefficient (Wildman–Crippen LogP) is 12.1. The van der Waals surface area contributed by atoms with Gasteiger partial charge in [-0.05, 0) is 118 Å². The van der Waals surface area contributed by atoms with Gasteiger partial charge in [0.2, 0.25) is 0 Å². The van der Waals surface area contributed by atoms with E-state index in [1.54, 1.807) is 0 Å². The van der Waals surface area contributed by atoms with E-state index in [0.29, 0.717) is 5.56 Å². The highest BCUT2D eigenvalue weighted by Gasteiger charge is 2.44. The van der Waals surface area contributed by atoms with Crippen LogP contribution in [0.1, 0.15) is 11.5 Å². The maximum absolute atomic E-state index is 14.6. The fraction of sp³-hybridized carbons (Fsp3) is 0.0370. The van der Waals surface area contributed by atoms with Crippen LogP contribution >= 0.6 is 0 Å². The molecule has 12 rings (SSSR count). The summed E-state index contributed by atoms with van der Waals surface area (Å²) in [5, 5.41) is 0. The fourth-order valence-electron chi connectivity index (χ4n) is 10.2. The van der Waals surface area contributed by atoms with E-state index in [0.717, 1.165) is 56.9 Å². The highest BCUT2D eigenvalue weighted by atomic mass is 19.1. The van der Waals surface area contributed by atoms with Gasteiger partial charge in [-0.2, -0.15) is 0 Å². The Morgan fingerprint density at radius 1 is 0.417 bits per heavy atom. The first kappa shape index (κ1) is 34.6. The molecule has 2 unspecified atom stereocenters. The van der Waals surface area contributed by atoms with Crippen LogP contribution in [0.4, 0.5) is 54.3 Å². The minimum Gasteiger partial charge on any atom is -0.333 e. The van der Waals surface area contributed by atoms with Gasteiger partial charge in [0, 0.05) is 63.0 Å². The second-order valence-corrected chi connectivity index (χ2v) is 15.9. The zero-order valence-electron chi connectivity index (χ0n) is 32.5. The minimum absolute atomic E-state index is 0.0135. The number of halogens is 2. The highest BCUT2D eigenvalue weighted by molar-refractivity contribution is 7.00. The number of nitrogens with zero attached hydrogens (tertiary/aromatic N) is 3. The molecule has 60 heavy (non-hydrogen) atoms. The van der Waals surface area contributed by atoms with Gasteiger partial charge < -0.3 is 14.7 Å². The van der Waals surface area contributed by atoms with Crippen molar-refractivity contribution in [3.63, 3.8) is 0 Å². The van der Waals surface area contributed by atoms with Gasteiger partial charge in [-0.15, -0.1) is 0 Å². The number of fused-ring (bicyclic) bond motifs is 7. The molecule has 0 saturated carbocycles. The van der Waals surface area contributed by atoms with Crippen LogP contribution in [0.25, 0.3) is 22.3 Å². The van der Waals surface area contributed by atoms with Crippen LogP contribution in [0, 0.1) is 11.6 Å². The number of benzene rings is 8. The SMILES string of the molecule is Fc1cc(F)cc(-c2ccccc2N2c3ccc(-c4cc5c6c(c4)N(c4ccccc4)c4ccccc4B6c4ccccc4N5c4ccccc4)cc3C3C=CC=CC32)c1. The Balaban J connectivity index is 1.08. The quantitative estimate of drug-likeness (QED) is 0.161. The zero-order chi connectivity index (χ0) is 39.9. The molecule has 0 spiro atoms. The van der Waals surface area contributed by atoms with E-state index in [2.05, 4.69) is 185 Å². The molecule has 0 aromatic heterocycles. The molecule has 4 aliphatic rings. The van der Waals surface area contributed by atoms with E-state index < -0.39 is 11.6 Å². The summed E-state index contributed by atoms with van der Waals surface area (Å²) < 4.78 is 29.3. The third-order valence-corrected chi connectivity index (χ3v) is 12.6. The van der Waals surface area contributed by atoms with Gasteiger partial charge in [0.15, 0.2) is 0 Å². The molecule has 3 heterocycles. The number of anilines is 8. The summed E-state index contributed by atoms with van der Waals surface area (Å²) in [7, 11) is 0. The first-order valence-electron chi connectivity index (χ1n) is 20.5. The highest BCUT2D eigenvalue weighted by Crippen LogP contribution is 2.52. The third-order valence-electron chi connectivity index (χ3n) is 12.6. The van der Waals surface area contributed by atoms with Crippen molar-refractivity contribution in [2.45, 2.75) is 12.0 Å². The van der Waals surface area contributed by atoms with Crippen LogP contribution in [0.3, 0.4) is 0 Å². The van der Waals surface area contributed by atoms with E-state index in [1.807, 2.05) is 18.2 Å². The van der Waals surface area contributed by atoms with Gasteiger partial charge in [0.25, 0.3) is 6.71 Å². The van der Waals surface area contributed by atoms with Crippen molar-refractivity contribution in [2.75, 3.05) is 14.7 Å². The molecule has 8 aromatic carbocycles. The van der Waals surface area contributed by atoms with E-state index in [1.165, 1.54) is 45.5 Å². The molecule has 0 fully saturated rings. The molecule has 0 saturated heterocycles. The number of hydrogen-bond donors (Lipinski definition) is 0. The van der Waals surface area contributed by atoms with E-state index >= 15 is 0 Å². The Morgan fingerprint density at radius 2 is 0.967 bits per heavy atom. The Labute approximate surface area is 348 Å². The molecule has 3 nitrogen and oxygen atoms in total. The van der Waals surface area contributed by atoms with Crippen LogP contribution in [0.15, 0.2) is 206 Å². The van der Waals surface area contributed by atoms with Gasteiger partial charge >= 0.3 is 0 Å². The van der Waals surface area contributed by atoms with Crippen LogP contribution in [-0.2, 0) is 0 Å². The summed E-state index contributed by atoms with van der Waals surface area (Å²) in [5.74, 6) is -1.12. The van der Waals surface area contributed by atoms with Crippen LogP contribution in [0.5, 0.6) is 0 Å². The number of para-hydroxylation sites is 5. The summed E-state index contributed by atoms with van der Waals surface area (Å²) in [5.41, 5.74) is 17.4. The van der Waals surface area contributed by atoms with Crippen molar-refractivity contribution in [1.29, 1.82) is 0 Å². The van der Waals surface area contributed by atoms with Crippen molar-refractivity contribution in [3.05, 3.63) is 223 Å². The number of hydrogen-bond acceptors (Lipinski definition) is 3. The molecule has 0 N–H and O–H groups in total. The smallest absolute Gasteiger partial charge is 0.252 e. The Hall–Kier alpha value is -7.44. The average Bonchev–Trinajstić information content (AvgIpc) is 3.62. The van der Waals surface area contributed by atoms with Gasteiger partial charge in [0.1, 0.15) is 11.6 Å². The summed E-state index contributed by atoms with van der Waals surface area (Å²) in [6, 6.07) is 62.4. The first-order valence-corrected chi connectivity index (χ1v) is 20.5. The van der Waals surface area contributed by atoms with Gasteiger partial charge in [-0.25, -0.2) is 8.78 Å². The molecular formula is C54H36BF2N3. The molecule has 284 valence electrons. The standard InChI is InChI=1S/C54H36BF2N3/c56-38-29-37(30-39(57)34-38)42-19-7-11-23-47(42)60-48-24-12-8-20-43(48)44-31-35(27-28-49(44)60)36-32-52-54-53(33-36)59(41-17-5-2-6-18-41)51-26-14-10-22-46(51)55(54)45-21-9-13-25-50(45)58(52)40-15-3-1-4-16-40/h1-34,43,48H. The van der Waals surface area contributed by atoms with Gasteiger partial charge in [-0.3, -0.25) is 0 Å². The normalized spacial score (nSPS) is 16.6. The Bertz CT molecular complexity index is 2940. The minimum atomic E-state index is -0.594. The van der Waals surface area contributed by atoms with Crippen molar-refractivity contribution in [3.8, 4) is 22.3 Å². The zero-order valence-corrected chi connectivity index (χ0v) is 32.5.